The molecule has 3 aromatic rings. The molecule has 0 bridgehead atoms. The van der Waals surface area contributed by atoms with Gasteiger partial charge in [-0.25, -0.2) is 4.79 Å². The van der Waals surface area contributed by atoms with E-state index in [2.05, 4.69) is 10.1 Å². The monoisotopic (exact) mass is 352 g/mol. The van der Waals surface area contributed by atoms with Crippen molar-refractivity contribution < 1.29 is 18.8 Å². The third-order valence-corrected chi connectivity index (χ3v) is 3.69. The van der Waals surface area contributed by atoms with Crippen LogP contribution in [-0.4, -0.2) is 22.7 Å². The minimum absolute atomic E-state index is 0.0894. The molecule has 0 amide bonds. The molecule has 26 heavy (non-hydrogen) atoms. The zero-order chi connectivity index (χ0) is 18.5. The van der Waals surface area contributed by atoms with Crippen molar-refractivity contribution in [2.45, 2.75) is 27.4 Å². The van der Waals surface area contributed by atoms with E-state index in [0.717, 1.165) is 22.3 Å². The molecule has 0 spiro atoms. The van der Waals surface area contributed by atoms with Crippen LogP contribution in [0.3, 0.4) is 0 Å². The molecular weight excluding hydrogens is 332 g/mol. The van der Waals surface area contributed by atoms with E-state index in [1.807, 2.05) is 63.2 Å². The normalized spacial score (nSPS) is 10.6. The van der Waals surface area contributed by atoms with Crippen LogP contribution >= 0.6 is 0 Å². The van der Waals surface area contributed by atoms with Crippen LogP contribution in [0.15, 0.2) is 47.0 Å². The van der Waals surface area contributed by atoms with Crippen LogP contribution in [0.5, 0.6) is 5.75 Å². The molecule has 134 valence electrons. The molecule has 1 aromatic heterocycles. The summed E-state index contributed by atoms with van der Waals surface area (Å²) in [6.45, 7) is 5.68. The van der Waals surface area contributed by atoms with Gasteiger partial charge in [-0.15, -0.1) is 0 Å². The van der Waals surface area contributed by atoms with Gasteiger partial charge in [0, 0.05) is 5.56 Å². The van der Waals surface area contributed by atoms with Gasteiger partial charge in [-0.2, -0.15) is 4.98 Å². The van der Waals surface area contributed by atoms with E-state index in [-0.39, 0.29) is 19.1 Å². The predicted octanol–water partition coefficient (Wildman–Crippen LogP) is 3.78. The summed E-state index contributed by atoms with van der Waals surface area (Å²) < 4.78 is 15.7. The molecule has 0 unspecified atom stereocenters. The summed E-state index contributed by atoms with van der Waals surface area (Å²) >= 11 is 0. The maximum absolute atomic E-state index is 11.8. The van der Waals surface area contributed by atoms with Gasteiger partial charge in [0.1, 0.15) is 5.75 Å². The standard InChI is InChI=1S/C20H20N2O4/c1-13-4-6-16(7-5-13)20-21-18(26-22-20)11-25-19(23)12-24-17-9-14(2)8-15(3)10-17/h4-10H,11-12H2,1-3H3. The highest BCUT2D eigenvalue weighted by Gasteiger charge is 2.12. The van der Waals surface area contributed by atoms with E-state index in [4.69, 9.17) is 14.0 Å². The molecule has 3 rings (SSSR count). The lowest BCUT2D eigenvalue weighted by Gasteiger charge is -2.07. The van der Waals surface area contributed by atoms with Crippen molar-refractivity contribution in [2.24, 2.45) is 0 Å². The minimum Gasteiger partial charge on any atom is -0.482 e. The van der Waals surface area contributed by atoms with Crippen LogP contribution in [0.4, 0.5) is 0 Å². The molecule has 6 heteroatoms. The Labute approximate surface area is 151 Å². The van der Waals surface area contributed by atoms with Gasteiger partial charge >= 0.3 is 5.97 Å². The lowest BCUT2D eigenvalue weighted by Crippen LogP contribution is -2.15. The molecule has 1 heterocycles. The van der Waals surface area contributed by atoms with Crippen LogP contribution in [0.25, 0.3) is 11.4 Å². The van der Waals surface area contributed by atoms with E-state index in [1.54, 1.807) is 0 Å². The number of benzene rings is 2. The third-order valence-electron chi connectivity index (χ3n) is 3.69. The Morgan fingerprint density at radius 3 is 2.38 bits per heavy atom. The Morgan fingerprint density at radius 1 is 1.00 bits per heavy atom. The van der Waals surface area contributed by atoms with Crippen molar-refractivity contribution in [1.29, 1.82) is 0 Å². The first-order valence-electron chi connectivity index (χ1n) is 8.26. The number of hydrogen-bond donors (Lipinski definition) is 0. The molecule has 0 N–H and O–H groups in total. The van der Waals surface area contributed by atoms with Crippen LogP contribution in [0, 0.1) is 20.8 Å². The first-order valence-corrected chi connectivity index (χ1v) is 8.26. The fourth-order valence-corrected chi connectivity index (χ4v) is 2.48. The van der Waals surface area contributed by atoms with Gasteiger partial charge in [0.05, 0.1) is 0 Å². The van der Waals surface area contributed by atoms with E-state index < -0.39 is 5.97 Å². The van der Waals surface area contributed by atoms with Gasteiger partial charge < -0.3 is 14.0 Å². The summed E-state index contributed by atoms with van der Waals surface area (Å²) in [5.74, 6) is 0.834. The lowest BCUT2D eigenvalue weighted by molar-refractivity contribution is -0.148. The Hall–Kier alpha value is -3.15. The molecule has 0 saturated carbocycles. The SMILES string of the molecule is Cc1ccc(-c2noc(COC(=O)COc3cc(C)cc(C)c3)n2)cc1. The summed E-state index contributed by atoms with van der Waals surface area (Å²) in [6, 6.07) is 13.5. The smallest absolute Gasteiger partial charge is 0.344 e. The van der Waals surface area contributed by atoms with Gasteiger partial charge in [-0.05, 0) is 44.0 Å². The summed E-state index contributed by atoms with van der Waals surface area (Å²) in [4.78, 5) is 16.1. The number of ether oxygens (including phenoxy) is 2. The molecule has 0 aliphatic heterocycles. The predicted molar refractivity (Wildman–Crippen MR) is 95.7 cm³/mol. The van der Waals surface area contributed by atoms with E-state index >= 15 is 0 Å². The molecule has 0 atom stereocenters. The second-order valence-corrected chi connectivity index (χ2v) is 6.15. The molecule has 2 aromatic carbocycles. The van der Waals surface area contributed by atoms with E-state index in [1.165, 1.54) is 0 Å². The van der Waals surface area contributed by atoms with Crippen LogP contribution in [0.1, 0.15) is 22.6 Å². The third kappa shape index (κ3) is 4.69. The highest BCUT2D eigenvalue weighted by atomic mass is 16.6. The maximum Gasteiger partial charge on any atom is 0.344 e. The van der Waals surface area contributed by atoms with Crippen LogP contribution in [-0.2, 0) is 16.1 Å². The molecule has 0 fully saturated rings. The van der Waals surface area contributed by atoms with E-state index in [9.17, 15) is 4.79 Å². The summed E-state index contributed by atoms with van der Waals surface area (Å²) in [6.07, 6.45) is 0. The Balaban J connectivity index is 1.51. The summed E-state index contributed by atoms with van der Waals surface area (Å²) in [5, 5.41) is 3.90. The highest BCUT2D eigenvalue weighted by molar-refractivity contribution is 5.71. The molecule has 0 radical (unpaired) electrons. The number of rotatable bonds is 6. The van der Waals surface area contributed by atoms with Crippen LogP contribution < -0.4 is 4.74 Å². The maximum atomic E-state index is 11.8. The molecule has 0 aliphatic carbocycles. The van der Waals surface area contributed by atoms with Gasteiger partial charge in [0.25, 0.3) is 5.89 Å². The number of aryl methyl sites for hydroxylation is 3. The highest BCUT2D eigenvalue weighted by Crippen LogP contribution is 2.17. The average molecular weight is 352 g/mol. The second kappa shape index (κ2) is 7.82. The van der Waals surface area contributed by atoms with Crippen LogP contribution in [0.2, 0.25) is 0 Å². The number of carbonyl (C=O) groups excluding carboxylic acids is 1. The number of nitrogens with zero attached hydrogens (tertiary/aromatic N) is 2. The fourth-order valence-electron chi connectivity index (χ4n) is 2.48. The van der Waals surface area contributed by atoms with E-state index in [0.29, 0.717) is 11.6 Å². The van der Waals surface area contributed by atoms with Crippen molar-refractivity contribution in [1.82, 2.24) is 10.1 Å². The zero-order valence-electron chi connectivity index (χ0n) is 15.0. The Kier molecular flexibility index (Phi) is 5.31. The topological polar surface area (TPSA) is 74.5 Å². The largest absolute Gasteiger partial charge is 0.482 e. The summed E-state index contributed by atoms with van der Waals surface area (Å²) in [5.41, 5.74) is 4.14. The molecule has 0 aliphatic rings. The minimum atomic E-state index is -0.501. The van der Waals surface area contributed by atoms with Gasteiger partial charge in [-0.1, -0.05) is 41.1 Å². The van der Waals surface area contributed by atoms with Gasteiger partial charge in [0.15, 0.2) is 13.2 Å². The van der Waals surface area contributed by atoms with Crippen molar-refractivity contribution in [3.05, 3.63) is 65.0 Å². The first kappa shape index (κ1) is 17.7. The molecular formula is C20H20N2O4. The number of esters is 1. The zero-order valence-corrected chi connectivity index (χ0v) is 15.0. The second-order valence-electron chi connectivity index (χ2n) is 6.15. The quantitative estimate of drug-likeness (QED) is 0.629. The van der Waals surface area contributed by atoms with Crippen molar-refractivity contribution >= 4 is 5.97 Å². The number of aromatic nitrogens is 2. The molecule has 0 saturated heterocycles. The van der Waals surface area contributed by atoms with Gasteiger partial charge in [0.2, 0.25) is 5.82 Å². The fraction of sp³-hybridized carbons (Fsp3) is 0.250. The Bertz CT molecular complexity index is 880. The van der Waals surface area contributed by atoms with Gasteiger partial charge in [-0.3, -0.25) is 0 Å². The average Bonchev–Trinajstić information content (AvgIpc) is 3.07. The number of hydrogen-bond acceptors (Lipinski definition) is 6. The first-order chi connectivity index (χ1) is 12.5. The number of carbonyl (C=O) groups is 1. The molecule has 6 nitrogen and oxygen atoms in total. The summed E-state index contributed by atoms with van der Waals surface area (Å²) in [7, 11) is 0. The lowest BCUT2D eigenvalue weighted by atomic mass is 10.1. The Morgan fingerprint density at radius 2 is 1.69 bits per heavy atom. The van der Waals surface area contributed by atoms with Crippen molar-refractivity contribution in [3.8, 4) is 17.1 Å². The van der Waals surface area contributed by atoms with Crippen molar-refractivity contribution in [3.63, 3.8) is 0 Å². The van der Waals surface area contributed by atoms with Crippen molar-refractivity contribution in [2.75, 3.05) is 6.61 Å².